The van der Waals surface area contributed by atoms with Gasteiger partial charge in [0.05, 0.1) is 12.1 Å². The number of amides is 1. The highest BCUT2D eigenvalue weighted by atomic mass is 16.3. The Hall–Kier alpha value is -3.15. The van der Waals surface area contributed by atoms with E-state index in [2.05, 4.69) is 35.1 Å². The van der Waals surface area contributed by atoms with Crippen molar-refractivity contribution in [2.24, 2.45) is 5.92 Å². The predicted octanol–water partition coefficient (Wildman–Crippen LogP) is 3.35. The minimum Gasteiger partial charge on any atom is -0.508 e. The van der Waals surface area contributed by atoms with Gasteiger partial charge in [0.25, 0.3) is 0 Å². The number of hydrogen-bond donors (Lipinski definition) is 3. The number of benzene rings is 3. The zero-order valence-electron chi connectivity index (χ0n) is 16.6. The third-order valence-corrected chi connectivity index (χ3v) is 6.31. The van der Waals surface area contributed by atoms with Gasteiger partial charge >= 0.3 is 0 Å². The zero-order valence-corrected chi connectivity index (χ0v) is 16.6. The number of rotatable bonds is 5. The fourth-order valence-electron chi connectivity index (χ4n) is 4.91. The molecular formula is C25H25N3O2. The van der Waals surface area contributed by atoms with E-state index in [4.69, 9.17) is 0 Å². The first kappa shape index (κ1) is 18.9. The Morgan fingerprint density at radius 3 is 2.17 bits per heavy atom. The molecule has 4 atom stereocenters. The standard InChI is InChI=1S/C25H25N3O2/c29-20-14-8-7-13-19(20)22-21-23(27-26-22)25(30)28(16-15-17-9-3-1-4-10-17)24(21)18-11-5-2-6-12-18/h1-14,21-24,26-27,29H,15-16H2. The maximum Gasteiger partial charge on any atom is 0.242 e. The summed E-state index contributed by atoms with van der Waals surface area (Å²) in [5.74, 6) is 0.332. The van der Waals surface area contributed by atoms with Gasteiger partial charge in [-0.15, -0.1) is 0 Å². The molecule has 0 radical (unpaired) electrons. The molecule has 1 amide bonds. The van der Waals surface area contributed by atoms with Crippen molar-refractivity contribution in [3.63, 3.8) is 0 Å². The lowest BCUT2D eigenvalue weighted by atomic mass is 9.83. The van der Waals surface area contributed by atoms with E-state index in [-0.39, 0.29) is 35.7 Å². The van der Waals surface area contributed by atoms with Crippen molar-refractivity contribution in [2.45, 2.75) is 24.5 Å². The van der Waals surface area contributed by atoms with Gasteiger partial charge in [0.1, 0.15) is 11.8 Å². The van der Waals surface area contributed by atoms with Crippen LogP contribution in [0.2, 0.25) is 0 Å². The predicted molar refractivity (Wildman–Crippen MR) is 115 cm³/mol. The van der Waals surface area contributed by atoms with Crippen LogP contribution >= 0.6 is 0 Å². The molecule has 3 N–H and O–H groups in total. The van der Waals surface area contributed by atoms with Crippen molar-refractivity contribution >= 4 is 5.91 Å². The number of para-hydroxylation sites is 1. The van der Waals surface area contributed by atoms with Crippen LogP contribution in [-0.4, -0.2) is 28.5 Å². The molecule has 30 heavy (non-hydrogen) atoms. The van der Waals surface area contributed by atoms with Gasteiger partial charge in [0, 0.05) is 18.0 Å². The van der Waals surface area contributed by atoms with Crippen LogP contribution in [0.1, 0.15) is 28.8 Å². The Kier molecular flexibility index (Phi) is 4.99. The van der Waals surface area contributed by atoms with E-state index in [0.717, 1.165) is 17.5 Å². The Morgan fingerprint density at radius 1 is 0.800 bits per heavy atom. The van der Waals surface area contributed by atoms with Crippen LogP contribution in [-0.2, 0) is 11.2 Å². The summed E-state index contributed by atoms with van der Waals surface area (Å²) in [6.07, 6.45) is 0.810. The van der Waals surface area contributed by atoms with Crippen LogP contribution in [0.15, 0.2) is 84.9 Å². The van der Waals surface area contributed by atoms with Crippen LogP contribution in [0.5, 0.6) is 5.75 Å². The first-order chi connectivity index (χ1) is 14.7. The second-order valence-corrected chi connectivity index (χ2v) is 8.00. The summed E-state index contributed by atoms with van der Waals surface area (Å²) < 4.78 is 0. The quantitative estimate of drug-likeness (QED) is 0.616. The van der Waals surface area contributed by atoms with Crippen LogP contribution < -0.4 is 10.9 Å². The average Bonchev–Trinajstić information content (AvgIpc) is 3.33. The lowest BCUT2D eigenvalue weighted by Crippen LogP contribution is -2.42. The molecule has 4 unspecified atom stereocenters. The van der Waals surface area contributed by atoms with Gasteiger partial charge in [-0.2, -0.15) is 0 Å². The lowest BCUT2D eigenvalue weighted by Gasteiger charge is -2.31. The largest absolute Gasteiger partial charge is 0.508 e. The van der Waals surface area contributed by atoms with Crippen molar-refractivity contribution in [1.29, 1.82) is 0 Å². The number of phenols is 1. The first-order valence-corrected chi connectivity index (χ1v) is 10.4. The van der Waals surface area contributed by atoms with Gasteiger partial charge in [-0.05, 0) is 23.6 Å². The molecule has 2 aliphatic heterocycles. The summed E-state index contributed by atoms with van der Waals surface area (Å²) in [6, 6.07) is 27.3. The normalized spacial score (nSPS) is 25.5. The van der Waals surface area contributed by atoms with E-state index < -0.39 is 0 Å². The molecule has 3 aromatic rings. The fourth-order valence-corrected chi connectivity index (χ4v) is 4.91. The number of aromatic hydroxyl groups is 1. The van der Waals surface area contributed by atoms with Crippen LogP contribution in [0.25, 0.3) is 0 Å². The van der Waals surface area contributed by atoms with Crippen molar-refractivity contribution in [2.75, 3.05) is 6.54 Å². The molecule has 0 aliphatic carbocycles. The SMILES string of the molecule is O=C1C2NNC(c3ccccc3O)C2C(c2ccccc2)N1CCc1ccccc1. The Morgan fingerprint density at radius 2 is 1.43 bits per heavy atom. The maximum atomic E-state index is 13.4. The summed E-state index contributed by atoms with van der Waals surface area (Å²) >= 11 is 0. The monoisotopic (exact) mass is 399 g/mol. The molecule has 0 saturated carbocycles. The molecule has 5 nitrogen and oxygen atoms in total. The van der Waals surface area contributed by atoms with Gasteiger partial charge in [-0.3, -0.25) is 4.79 Å². The Balaban J connectivity index is 1.51. The van der Waals surface area contributed by atoms with Gasteiger partial charge < -0.3 is 10.0 Å². The number of fused-ring (bicyclic) bond motifs is 1. The zero-order chi connectivity index (χ0) is 20.5. The van der Waals surface area contributed by atoms with E-state index in [1.807, 2.05) is 59.5 Å². The summed E-state index contributed by atoms with van der Waals surface area (Å²) in [6.45, 7) is 0.657. The van der Waals surface area contributed by atoms with E-state index in [1.54, 1.807) is 6.07 Å². The summed E-state index contributed by atoms with van der Waals surface area (Å²) in [5, 5.41) is 10.5. The minimum atomic E-state index is -0.324. The fraction of sp³-hybridized carbons (Fsp3) is 0.240. The number of nitrogens with one attached hydrogen (secondary N) is 2. The number of nitrogens with zero attached hydrogens (tertiary/aromatic N) is 1. The van der Waals surface area contributed by atoms with Crippen LogP contribution in [0.3, 0.4) is 0 Å². The van der Waals surface area contributed by atoms with Crippen molar-refractivity contribution in [3.8, 4) is 5.75 Å². The minimum absolute atomic E-state index is 0.0241. The van der Waals surface area contributed by atoms with E-state index >= 15 is 0 Å². The molecule has 5 heteroatoms. The van der Waals surface area contributed by atoms with Crippen LogP contribution in [0.4, 0.5) is 0 Å². The molecule has 0 spiro atoms. The van der Waals surface area contributed by atoms with Gasteiger partial charge in [0.15, 0.2) is 0 Å². The Labute approximate surface area is 176 Å². The highest BCUT2D eigenvalue weighted by Crippen LogP contribution is 2.48. The van der Waals surface area contributed by atoms with Gasteiger partial charge in [-0.1, -0.05) is 78.9 Å². The van der Waals surface area contributed by atoms with Gasteiger partial charge in [-0.25, -0.2) is 10.9 Å². The summed E-state index contributed by atoms with van der Waals surface area (Å²) in [5.41, 5.74) is 9.66. The van der Waals surface area contributed by atoms with E-state index in [0.29, 0.717) is 6.54 Å². The number of likely N-dealkylation sites (tertiary alicyclic amines) is 1. The third-order valence-electron chi connectivity index (χ3n) is 6.31. The number of hydrogen-bond acceptors (Lipinski definition) is 4. The molecule has 5 rings (SSSR count). The van der Waals surface area contributed by atoms with Crippen LogP contribution in [0, 0.1) is 5.92 Å². The summed E-state index contributed by atoms with van der Waals surface area (Å²) in [4.78, 5) is 15.4. The smallest absolute Gasteiger partial charge is 0.242 e. The van der Waals surface area contributed by atoms with Crippen molar-refractivity contribution in [1.82, 2.24) is 15.8 Å². The number of carbonyl (C=O) groups is 1. The van der Waals surface area contributed by atoms with Crippen molar-refractivity contribution < 1.29 is 9.90 Å². The highest BCUT2D eigenvalue weighted by molar-refractivity contribution is 5.86. The first-order valence-electron chi connectivity index (χ1n) is 10.4. The molecule has 0 aromatic heterocycles. The van der Waals surface area contributed by atoms with E-state index in [9.17, 15) is 9.90 Å². The molecule has 0 bridgehead atoms. The third kappa shape index (κ3) is 3.26. The second kappa shape index (κ2) is 7.94. The molecule has 2 fully saturated rings. The molecule has 2 saturated heterocycles. The number of hydrazine groups is 1. The second-order valence-electron chi connectivity index (χ2n) is 8.00. The topological polar surface area (TPSA) is 64.6 Å². The molecule has 3 aromatic carbocycles. The summed E-state index contributed by atoms with van der Waals surface area (Å²) in [7, 11) is 0. The molecule has 2 aliphatic rings. The Bertz CT molecular complexity index is 1020. The lowest BCUT2D eigenvalue weighted by molar-refractivity contribution is -0.130. The van der Waals surface area contributed by atoms with Crippen molar-refractivity contribution in [3.05, 3.63) is 102 Å². The maximum absolute atomic E-state index is 13.4. The van der Waals surface area contributed by atoms with Gasteiger partial charge in [0.2, 0.25) is 5.91 Å². The van der Waals surface area contributed by atoms with E-state index in [1.165, 1.54) is 5.56 Å². The number of carbonyl (C=O) groups excluding carboxylic acids is 1. The molecular weight excluding hydrogens is 374 g/mol. The number of phenolic OH excluding ortho intramolecular Hbond substituents is 1. The highest BCUT2D eigenvalue weighted by Gasteiger charge is 2.55. The molecule has 152 valence electrons. The average molecular weight is 399 g/mol. The molecule has 2 heterocycles.